The van der Waals surface area contributed by atoms with Gasteiger partial charge in [0.25, 0.3) is 5.91 Å². The molecule has 0 spiro atoms. The number of carbonyl (C=O) groups is 1. The van der Waals surface area contributed by atoms with Gasteiger partial charge in [-0.1, -0.05) is 26.3 Å². The van der Waals surface area contributed by atoms with Gasteiger partial charge in [-0.3, -0.25) is 4.79 Å². The smallest absolute Gasteiger partial charge is 0.387 e. The Kier molecular flexibility index (Phi) is 7.12. The summed E-state index contributed by atoms with van der Waals surface area (Å²) in [5, 5.41) is 0. The van der Waals surface area contributed by atoms with E-state index in [1.165, 1.54) is 12.1 Å². The van der Waals surface area contributed by atoms with Crippen molar-refractivity contribution in [2.45, 2.75) is 52.7 Å². The Labute approximate surface area is 124 Å². The van der Waals surface area contributed by atoms with Crippen molar-refractivity contribution in [3.05, 3.63) is 29.8 Å². The molecule has 21 heavy (non-hydrogen) atoms. The first-order chi connectivity index (χ1) is 9.99. The van der Waals surface area contributed by atoms with Crippen LogP contribution in [0.1, 0.15) is 50.4 Å². The van der Waals surface area contributed by atoms with Gasteiger partial charge in [0.05, 0.1) is 0 Å². The number of hydrogen-bond acceptors (Lipinski definition) is 2. The average Bonchev–Trinajstić information content (AvgIpc) is 2.46. The number of halogens is 2. The van der Waals surface area contributed by atoms with E-state index in [0.29, 0.717) is 12.1 Å². The SMILES string of the molecule is CCCCN(C(=O)c1cccc(OC(F)F)c1)C(C)CC. The van der Waals surface area contributed by atoms with Crippen LogP contribution in [-0.4, -0.2) is 30.0 Å². The Hall–Kier alpha value is -1.65. The number of alkyl halides is 2. The van der Waals surface area contributed by atoms with Gasteiger partial charge in [0.15, 0.2) is 0 Å². The molecule has 1 aromatic carbocycles. The molecule has 1 atom stereocenters. The monoisotopic (exact) mass is 299 g/mol. The summed E-state index contributed by atoms with van der Waals surface area (Å²) in [6, 6.07) is 6.09. The molecule has 0 saturated carbocycles. The van der Waals surface area contributed by atoms with E-state index in [4.69, 9.17) is 0 Å². The maximum atomic E-state index is 12.6. The number of unbranched alkanes of at least 4 members (excludes halogenated alkanes) is 1. The molecular formula is C16H23F2NO2. The van der Waals surface area contributed by atoms with Crippen molar-refractivity contribution < 1.29 is 18.3 Å². The van der Waals surface area contributed by atoms with E-state index >= 15 is 0 Å². The second-order valence-electron chi connectivity index (χ2n) is 5.02. The van der Waals surface area contributed by atoms with Crippen LogP contribution in [0.15, 0.2) is 24.3 Å². The molecule has 1 amide bonds. The molecule has 0 saturated heterocycles. The molecule has 5 heteroatoms. The summed E-state index contributed by atoms with van der Waals surface area (Å²) in [5.74, 6) is -0.132. The zero-order valence-electron chi connectivity index (χ0n) is 12.8. The van der Waals surface area contributed by atoms with Gasteiger partial charge in [-0.05, 0) is 38.0 Å². The minimum absolute atomic E-state index is 0.00967. The fourth-order valence-electron chi connectivity index (χ4n) is 2.04. The van der Waals surface area contributed by atoms with Crippen LogP contribution in [-0.2, 0) is 0 Å². The largest absolute Gasteiger partial charge is 0.435 e. The normalized spacial score (nSPS) is 12.3. The first kappa shape index (κ1) is 17.4. The third-order valence-corrected chi connectivity index (χ3v) is 3.44. The lowest BCUT2D eigenvalue weighted by atomic mass is 10.1. The van der Waals surface area contributed by atoms with E-state index in [9.17, 15) is 13.6 Å². The molecule has 118 valence electrons. The summed E-state index contributed by atoms with van der Waals surface area (Å²) >= 11 is 0. The van der Waals surface area contributed by atoms with Gasteiger partial charge in [0.2, 0.25) is 0 Å². The van der Waals surface area contributed by atoms with E-state index in [0.717, 1.165) is 19.3 Å². The second-order valence-corrected chi connectivity index (χ2v) is 5.02. The summed E-state index contributed by atoms with van der Waals surface area (Å²) in [7, 11) is 0. The first-order valence-corrected chi connectivity index (χ1v) is 7.35. The van der Waals surface area contributed by atoms with Crippen LogP contribution >= 0.6 is 0 Å². The molecule has 0 heterocycles. The van der Waals surface area contributed by atoms with Crippen LogP contribution in [0, 0.1) is 0 Å². The summed E-state index contributed by atoms with van der Waals surface area (Å²) in [5.41, 5.74) is 0.379. The molecule has 0 bridgehead atoms. The van der Waals surface area contributed by atoms with Crippen molar-refractivity contribution >= 4 is 5.91 Å². The Morgan fingerprint density at radius 1 is 1.33 bits per heavy atom. The van der Waals surface area contributed by atoms with Gasteiger partial charge in [-0.2, -0.15) is 8.78 Å². The van der Waals surface area contributed by atoms with Crippen LogP contribution in [0.3, 0.4) is 0 Å². The number of carbonyl (C=O) groups excluding carboxylic acids is 1. The van der Waals surface area contributed by atoms with Gasteiger partial charge in [0.1, 0.15) is 5.75 Å². The predicted octanol–water partition coefficient (Wildman–Crippen LogP) is 4.33. The van der Waals surface area contributed by atoms with Gasteiger partial charge in [0, 0.05) is 18.2 Å². The quantitative estimate of drug-likeness (QED) is 0.715. The van der Waals surface area contributed by atoms with Crippen molar-refractivity contribution in [2.24, 2.45) is 0 Å². The first-order valence-electron chi connectivity index (χ1n) is 7.35. The molecule has 1 rings (SSSR count). The van der Waals surface area contributed by atoms with Crippen molar-refractivity contribution in [2.75, 3.05) is 6.54 Å². The standard InChI is InChI=1S/C16H23F2NO2/c1-4-6-10-19(12(3)5-2)15(20)13-8-7-9-14(11-13)21-16(17)18/h7-9,11-12,16H,4-6,10H2,1-3H3. The summed E-state index contributed by atoms with van der Waals surface area (Å²) in [6.07, 6.45) is 2.76. The highest BCUT2D eigenvalue weighted by atomic mass is 19.3. The average molecular weight is 299 g/mol. The summed E-state index contributed by atoms with van der Waals surface area (Å²) < 4.78 is 28.8. The van der Waals surface area contributed by atoms with Crippen LogP contribution in [0.2, 0.25) is 0 Å². The van der Waals surface area contributed by atoms with Crippen molar-refractivity contribution in [3.8, 4) is 5.75 Å². The fourth-order valence-corrected chi connectivity index (χ4v) is 2.04. The maximum absolute atomic E-state index is 12.6. The van der Waals surface area contributed by atoms with E-state index < -0.39 is 6.61 Å². The molecule has 0 aromatic heterocycles. The van der Waals surface area contributed by atoms with E-state index in [-0.39, 0.29) is 17.7 Å². The highest BCUT2D eigenvalue weighted by Crippen LogP contribution is 2.19. The Morgan fingerprint density at radius 3 is 2.62 bits per heavy atom. The lowest BCUT2D eigenvalue weighted by Gasteiger charge is -2.28. The zero-order valence-corrected chi connectivity index (χ0v) is 12.8. The van der Waals surface area contributed by atoms with Crippen LogP contribution < -0.4 is 4.74 Å². The minimum atomic E-state index is -2.89. The third-order valence-electron chi connectivity index (χ3n) is 3.44. The number of ether oxygens (including phenoxy) is 1. The van der Waals surface area contributed by atoms with Gasteiger partial charge >= 0.3 is 6.61 Å². The molecule has 0 aliphatic heterocycles. The molecule has 0 radical (unpaired) electrons. The van der Waals surface area contributed by atoms with Crippen molar-refractivity contribution in [1.82, 2.24) is 4.90 Å². The van der Waals surface area contributed by atoms with Crippen LogP contribution in [0.25, 0.3) is 0 Å². The maximum Gasteiger partial charge on any atom is 0.387 e. The number of amides is 1. The molecule has 0 fully saturated rings. The predicted molar refractivity (Wildman–Crippen MR) is 78.8 cm³/mol. The Morgan fingerprint density at radius 2 is 2.05 bits per heavy atom. The molecule has 3 nitrogen and oxygen atoms in total. The number of nitrogens with zero attached hydrogens (tertiary/aromatic N) is 1. The highest BCUT2D eigenvalue weighted by Gasteiger charge is 2.20. The summed E-state index contributed by atoms with van der Waals surface area (Å²) in [4.78, 5) is 14.4. The van der Waals surface area contributed by atoms with Gasteiger partial charge in [-0.15, -0.1) is 0 Å². The fraction of sp³-hybridized carbons (Fsp3) is 0.562. The highest BCUT2D eigenvalue weighted by molar-refractivity contribution is 5.94. The molecule has 0 aliphatic carbocycles. The zero-order chi connectivity index (χ0) is 15.8. The number of rotatable bonds is 8. The van der Waals surface area contributed by atoms with E-state index in [2.05, 4.69) is 11.7 Å². The summed E-state index contributed by atoms with van der Waals surface area (Å²) in [6.45, 7) is 3.86. The molecule has 0 N–H and O–H groups in total. The lowest BCUT2D eigenvalue weighted by molar-refractivity contribution is -0.0499. The van der Waals surface area contributed by atoms with E-state index in [1.807, 2.05) is 13.8 Å². The molecule has 1 unspecified atom stereocenters. The lowest BCUT2D eigenvalue weighted by Crippen LogP contribution is -2.39. The number of benzene rings is 1. The molecular weight excluding hydrogens is 276 g/mol. The Balaban J connectivity index is 2.91. The van der Waals surface area contributed by atoms with Gasteiger partial charge < -0.3 is 9.64 Å². The van der Waals surface area contributed by atoms with Crippen LogP contribution in [0.4, 0.5) is 8.78 Å². The van der Waals surface area contributed by atoms with Crippen molar-refractivity contribution in [3.63, 3.8) is 0 Å². The Bertz CT molecular complexity index is 452. The van der Waals surface area contributed by atoms with Gasteiger partial charge in [-0.25, -0.2) is 0 Å². The van der Waals surface area contributed by atoms with E-state index in [1.54, 1.807) is 17.0 Å². The molecule has 0 aliphatic rings. The minimum Gasteiger partial charge on any atom is -0.435 e. The van der Waals surface area contributed by atoms with Crippen molar-refractivity contribution in [1.29, 1.82) is 0 Å². The third kappa shape index (κ3) is 5.33. The topological polar surface area (TPSA) is 29.5 Å². The molecule has 1 aromatic rings. The van der Waals surface area contributed by atoms with Crippen LogP contribution in [0.5, 0.6) is 5.75 Å². The number of hydrogen-bond donors (Lipinski definition) is 0. The second kappa shape index (κ2) is 8.60.